The van der Waals surface area contributed by atoms with Crippen molar-refractivity contribution in [1.29, 1.82) is 0 Å². The number of hydrogen-bond donors (Lipinski definition) is 8. The summed E-state index contributed by atoms with van der Waals surface area (Å²) >= 11 is 0. The number of para-hydroxylation sites is 3. The van der Waals surface area contributed by atoms with Gasteiger partial charge in [-0.1, -0.05) is 18.2 Å². The second kappa shape index (κ2) is 15.6. The molecule has 51 heavy (non-hydrogen) atoms. The molecule has 4 atom stereocenters. The number of benzene rings is 3. The molecule has 5 rings (SSSR count). The third kappa shape index (κ3) is 8.01. The summed E-state index contributed by atoms with van der Waals surface area (Å²) in [6, 6.07) is 10.7. The second-order valence-electron chi connectivity index (χ2n) is 12.0. The van der Waals surface area contributed by atoms with Crippen molar-refractivity contribution in [3.8, 4) is 34.5 Å². The number of hydrogen-bond acceptors (Lipinski definition) is 13. The van der Waals surface area contributed by atoms with Gasteiger partial charge in [0.25, 0.3) is 11.8 Å². The largest absolute Gasteiger partial charge is 0.504 e. The van der Waals surface area contributed by atoms with Crippen LogP contribution >= 0.6 is 0 Å². The van der Waals surface area contributed by atoms with Crippen molar-refractivity contribution in [2.24, 2.45) is 9.98 Å². The highest BCUT2D eigenvalue weighted by atomic mass is 16.5. The predicted octanol–water partition coefficient (Wildman–Crippen LogP) is 1.84. The van der Waals surface area contributed by atoms with Crippen LogP contribution in [0.2, 0.25) is 0 Å². The lowest BCUT2D eigenvalue weighted by Crippen LogP contribution is -2.44. The third-order valence-corrected chi connectivity index (χ3v) is 8.37. The molecule has 0 saturated heterocycles. The first-order valence-electron chi connectivity index (χ1n) is 16.2. The van der Waals surface area contributed by atoms with E-state index in [2.05, 4.69) is 20.6 Å². The van der Waals surface area contributed by atoms with Crippen LogP contribution in [0.5, 0.6) is 34.5 Å². The topological polar surface area (TPSA) is 243 Å². The fourth-order valence-electron chi connectivity index (χ4n) is 5.59. The smallest absolute Gasteiger partial charge is 0.255 e. The Kier molecular flexibility index (Phi) is 11.0. The van der Waals surface area contributed by atoms with Gasteiger partial charge < -0.3 is 55.6 Å². The van der Waals surface area contributed by atoms with Crippen LogP contribution in [0.4, 0.5) is 0 Å². The van der Waals surface area contributed by atoms with E-state index in [4.69, 9.17) is 9.47 Å². The number of rotatable bonds is 13. The van der Waals surface area contributed by atoms with Crippen LogP contribution in [-0.2, 0) is 19.1 Å². The lowest BCUT2D eigenvalue weighted by molar-refractivity contribution is -0.134. The third-order valence-electron chi connectivity index (χ3n) is 8.37. The van der Waals surface area contributed by atoms with Crippen LogP contribution in [0.15, 0.2) is 64.6 Å². The summed E-state index contributed by atoms with van der Waals surface area (Å²) in [6.07, 6.45) is -0.755. The van der Waals surface area contributed by atoms with Crippen molar-refractivity contribution in [1.82, 2.24) is 15.5 Å². The molecule has 0 unspecified atom stereocenters. The molecule has 0 fully saturated rings. The van der Waals surface area contributed by atoms with Gasteiger partial charge in [0.05, 0.1) is 16.7 Å². The fraction of sp³-hybridized carbons (Fsp3) is 0.343. The monoisotopic (exact) mass is 705 g/mol. The molecule has 0 saturated carbocycles. The fourth-order valence-corrected chi connectivity index (χ4v) is 5.59. The number of nitrogens with one attached hydrogen (secondary N) is 2. The Morgan fingerprint density at radius 3 is 1.71 bits per heavy atom. The Hall–Kier alpha value is -6.19. The number of carbonyl (C=O) groups excluding carboxylic acids is 3. The van der Waals surface area contributed by atoms with E-state index in [0.29, 0.717) is 12.8 Å². The maximum atomic E-state index is 13.8. The van der Waals surface area contributed by atoms with E-state index in [1.807, 2.05) is 0 Å². The predicted molar refractivity (Wildman–Crippen MR) is 182 cm³/mol. The normalized spacial score (nSPS) is 19.3. The van der Waals surface area contributed by atoms with E-state index >= 15 is 0 Å². The molecule has 0 bridgehead atoms. The number of phenolic OH excluding ortho intramolecular Hbond substituents is 6. The zero-order valence-electron chi connectivity index (χ0n) is 27.8. The number of nitrogens with zero attached hydrogens (tertiary/aromatic N) is 3. The SMILES string of the molecule is C[C@@H]1OC(c2cccc(O)c2O)=N[C@H]1C(=O)NCCCN(CCCNC(=O)c1cccc(O)c1O)C(=O)[C@@H]1N=C(c2cccc(O)c2O)O[C@H]1C. The van der Waals surface area contributed by atoms with E-state index in [9.17, 15) is 45.0 Å². The molecule has 0 radical (unpaired) electrons. The van der Waals surface area contributed by atoms with Gasteiger partial charge in [-0.3, -0.25) is 14.4 Å². The van der Waals surface area contributed by atoms with Crippen molar-refractivity contribution < 1.29 is 54.5 Å². The molecule has 16 heteroatoms. The summed E-state index contributed by atoms with van der Waals surface area (Å²) < 4.78 is 11.5. The van der Waals surface area contributed by atoms with Gasteiger partial charge in [0.2, 0.25) is 17.7 Å². The van der Waals surface area contributed by atoms with E-state index < -0.39 is 65.0 Å². The molecule has 2 aliphatic rings. The first kappa shape index (κ1) is 36.1. The van der Waals surface area contributed by atoms with Gasteiger partial charge in [0, 0.05) is 26.2 Å². The van der Waals surface area contributed by atoms with Gasteiger partial charge in [0.1, 0.15) is 12.2 Å². The van der Waals surface area contributed by atoms with Crippen molar-refractivity contribution >= 4 is 29.5 Å². The summed E-state index contributed by atoms with van der Waals surface area (Å²) in [7, 11) is 0. The maximum absolute atomic E-state index is 13.8. The van der Waals surface area contributed by atoms with Gasteiger partial charge in [-0.15, -0.1) is 0 Å². The Labute approximate surface area is 292 Å². The average Bonchev–Trinajstić information content (AvgIpc) is 3.69. The van der Waals surface area contributed by atoms with Crippen LogP contribution in [0.25, 0.3) is 0 Å². The molecule has 3 aromatic rings. The molecule has 0 spiro atoms. The minimum Gasteiger partial charge on any atom is -0.504 e. The molecule has 2 heterocycles. The number of ether oxygens (including phenoxy) is 2. The first-order valence-corrected chi connectivity index (χ1v) is 16.2. The number of amides is 3. The minimum atomic E-state index is -0.992. The van der Waals surface area contributed by atoms with Gasteiger partial charge >= 0.3 is 0 Å². The standard InChI is InChI=1S/C35H39N5O11/c1-18-26(38-33(50-18)21-9-4-12-24(42)29(21)45)32(48)37-15-7-17-40(16-6-14-36-31(47)20-8-3-11-23(41)28(20)44)35(49)27-19(2)51-34(39-27)22-10-5-13-25(43)30(22)46/h3-5,8-13,18-19,26-27,41-46H,6-7,14-17H2,1-2H3,(H,36,47)(H,37,48)/t18-,19-,26+,27+/m0/s1. The molecule has 8 N–H and O–H groups in total. The Balaban J connectivity index is 1.22. The molecular weight excluding hydrogens is 666 g/mol. The molecule has 0 aliphatic carbocycles. The van der Waals surface area contributed by atoms with E-state index in [1.54, 1.807) is 13.8 Å². The van der Waals surface area contributed by atoms with Crippen molar-refractivity contribution in [3.05, 3.63) is 71.3 Å². The number of carbonyl (C=O) groups is 3. The highest BCUT2D eigenvalue weighted by Gasteiger charge is 2.38. The van der Waals surface area contributed by atoms with Crippen LogP contribution in [0.3, 0.4) is 0 Å². The molecular formula is C35H39N5O11. The molecule has 0 aromatic heterocycles. The quantitative estimate of drug-likeness (QED) is 0.0942. The zero-order chi connectivity index (χ0) is 36.8. The Morgan fingerprint density at radius 2 is 1.14 bits per heavy atom. The number of aromatic hydroxyl groups is 6. The lowest BCUT2D eigenvalue weighted by Gasteiger charge is -2.26. The maximum Gasteiger partial charge on any atom is 0.255 e. The van der Waals surface area contributed by atoms with Crippen molar-refractivity contribution in [3.63, 3.8) is 0 Å². The van der Waals surface area contributed by atoms with Crippen LogP contribution < -0.4 is 10.6 Å². The summed E-state index contributed by atoms with van der Waals surface area (Å²) in [6.45, 7) is 3.91. The second-order valence-corrected chi connectivity index (χ2v) is 12.0. The lowest BCUT2D eigenvalue weighted by atomic mass is 10.1. The van der Waals surface area contributed by atoms with Crippen LogP contribution in [-0.4, -0.2) is 116 Å². The zero-order valence-corrected chi connectivity index (χ0v) is 27.8. The minimum absolute atomic E-state index is 0.00786. The summed E-state index contributed by atoms with van der Waals surface area (Å²) in [4.78, 5) is 49.7. The van der Waals surface area contributed by atoms with Gasteiger partial charge in [-0.05, 0) is 63.1 Å². The molecule has 2 aliphatic heterocycles. The first-order chi connectivity index (χ1) is 24.4. The Morgan fingerprint density at radius 1 is 0.667 bits per heavy atom. The van der Waals surface area contributed by atoms with Crippen LogP contribution in [0.1, 0.15) is 48.2 Å². The highest BCUT2D eigenvalue weighted by Crippen LogP contribution is 2.33. The summed E-state index contributed by atoms with van der Waals surface area (Å²) in [5.74, 6) is -4.00. The number of aliphatic imine (C=N–C) groups is 2. The van der Waals surface area contributed by atoms with Gasteiger partial charge in [-0.25, -0.2) is 9.98 Å². The molecule has 3 amide bonds. The number of phenols is 6. The molecule has 270 valence electrons. The van der Waals surface area contributed by atoms with E-state index in [-0.39, 0.29) is 66.2 Å². The van der Waals surface area contributed by atoms with E-state index in [0.717, 1.165) is 0 Å². The summed E-state index contributed by atoms with van der Waals surface area (Å²) in [5, 5.41) is 65.4. The van der Waals surface area contributed by atoms with Crippen LogP contribution in [0, 0.1) is 0 Å². The Bertz CT molecular complexity index is 1860. The van der Waals surface area contributed by atoms with Gasteiger partial charge in [0.15, 0.2) is 46.6 Å². The molecule has 16 nitrogen and oxygen atoms in total. The average molecular weight is 706 g/mol. The molecule has 3 aromatic carbocycles. The van der Waals surface area contributed by atoms with Crippen molar-refractivity contribution in [2.45, 2.75) is 51.0 Å². The highest BCUT2D eigenvalue weighted by molar-refractivity contribution is 6.02. The summed E-state index contributed by atoms with van der Waals surface area (Å²) in [5.41, 5.74) is 0.167. The van der Waals surface area contributed by atoms with Gasteiger partial charge in [-0.2, -0.15) is 0 Å². The van der Waals surface area contributed by atoms with Crippen molar-refractivity contribution in [2.75, 3.05) is 26.2 Å². The van der Waals surface area contributed by atoms with E-state index in [1.165, 1.54) is 59.5 Å².